The van der Waals surface area contributed by atoms with Crippen molar-refractivity contribution in [1.82, 2.24) is 19.3 Å². The summed E-state index contributed by atoms with van der Waals surface area (Å²) >= 11 is 0. The van der Waals surface area contributed by atoms with Crippen molar-refractivity contribution in [3.8, 4) is 0 Å². The van der Waals surface area contributed by atoms with Crippen LogP contribution in [0.25, 0.3) is 11.1 Å². The highest BCUT2D eigenvalue weighted by atomic mass is 32.2. The van der Waals surface area contributed by atoms with Crippen LogP contribution in [0.2, 0.25) is 0 Å². The Bertz CT molecular complexity index is 848. The third-order valence-corrected chi connectivity index (χ3v) is 6.92. The predicted molar refractivity (Wildman–Crippen MR) is 84.5 cm³/mol. The average molecular weight is 336 g/mol. The Balaban J connectivity index is 1.71. The summed E-state index contributed by atoms with van der Waals surface area (Å²) in [5.74, 6) is 0. The summed E-state index contributed by atoms with van der Waals surface area (Å²) in [5.41, 5.74) is 1.02. The number of sulfonamides is 1. The van der Waals surface area contributed by atoms with Crippen LogP contribution in [-0.4, -0.2) is 59.5 Å². The maximum atomic E-state index is 13.1. The Morgan fingerprint density at radius 2 is 2.17 bits per heavy atom. The van der Waals surface area contributed by atoms with E-state index < -0.39 is 10.0 Å². The Kier molecular flexibility index (Phi) is 3.44. The molecule has 0 spiro atoms. The molecule has 4 heterocycles. The summed E-state index contributed by atoms with van der Waals surface area (Å²) in [6.07, 6.45) is 3.59. The molecule has 0 bridgehead atoms. The maximum Gasteiger partial charge on any atom is 0.257 e. The Hall–Kier alpha value is -1.51. The molecule has 0 amide bonds. The Morgan fingerprint density at radius 3 is 3.00 bits per heavy atom. The molecular formula is C15H20N4O3S. The van der Waals surface area contributed by atoms with Crippen molar-refractivity contribution >= 4 is 21.1 Å². The minimum atomic E-state index is -3.56. The second-order valence-electron chi connectivity index (χ2n) is 6.51. The highest BCUT2D eigenvalue weighted by Crippen LogP contribution is 2.30. The van der Waals surface area contributed by atoms with E-state index in [1.807, 2.05) is 6.92 Å². The third-order valence-electron chi connectivity index (χ3n) is 4.97. The van der Waals surface area contributed by atoms with E-state index in [1.165, 1.54) is 6.20 Å². The van der Waals surface area contributed by atoms with Crippen molar-refractivity contribution in [3.63, 3.8) is 0 Å². The van der Waals surface area contributed by atoms with Crippen LogP contribution < -0.4 is 0 Å². The molecule has 2 aromatic rings. The van der Waals surface area contributed by atoms with Crippen molar-refractivity contribution in [3.05, 3.63) is 18.0 Å². The minimum absolute atomic E-state index is 0.0337. The largest absolute Gasteiger partial charge is 0.336 e. The molecule has 124 valence electrons. The van der Waals surface area contributed by atoms with Crippen molar-refractivity contribution in [2.75, 3.05) is 19.6 Å². The standard InChI is InChI=1S/C15H20N4O3S/c1-10-8-18-5-3-4-12(18)9-19(10)23(20,21)13-6-14-11(2)17-22-15(14)16-7-13/h6-7,10,12H,3-5,8-9H2,1-2H3/t10-,12+/m0/s1. The van der Waals surface area contributed by atoms with Crippen LogP contribution in [-0.2, 0) is 10.0 Å². The smallest absolute Gasteiger partial charge is 0.257 e. The summed E-state index contributed by atoms with van der Waals surface area (Å²) in [4.78, 5) is 6.73. The van der Waals surface area contributed by atoms with E-state index in [-0.39, 0.29) is 10.9 Å². The molecule has 8 heteroatoms. The van der Waals surface area contributed by atoms with Crippen molar-refractivity contribution in [2.24, 2.45) is 0 Å². The van der Waals surface area contributed by atoms with Gasteiger partial charge in [-0.15, -0.1) is 0 Å². The number of fused-ring (bicyclic) bond motifs is 2. The van der Waals surface area contributed by atoms with Crippen LogP contribution in [0.4, 0.5) is 0 Å². The van der Waals surface area contributed by atoms with Crippen LogP contribution >= 0.6 is 0 Å². The third kappa shape index (κ3) is 2.36. The number of nitrogens with zero attached hydrogens (tertiary/aromatic N) is 4. The van der Waals surface area contributed by atoms with Crippen molar-refractivity contribution in [2.45, 2.75) is 43.7 Å². The summed E-state index contributed by atoms with van der Waals surface area (Å²) in [6.45, 7) is 6.19. The van der Waals surface area contributed by atoms with Crippen LogP contribution in [0.1, 0.15) is 25.5 Å². The number of hydrogen-bond donors (Lipinski definition) is 0. The first kappa shape index (κ1) is 15.0. The molecule has 4 rings (SSSR count). The number of pyridine rings is 1. The zero-order valence-corrected chi connectivity index (χ0v) is 14.1. The molecule has 0 N–H and O–H groups in total. The summed E-state index contributed by atoms with van der Waals surface area (Å²) in [5, 5.41) is 4.49. The van der Waals surface area contributed by atoms with E-state index in [0.717, 1.165) is 25.9 Å². The molecular weight excluding hydrogens is 316 g/mol. The molecule has 0 aliphatic carbocycles. The fourth-order valence-corrected chi connectivity index (χ4v) is 5.33. The van der Waals surface area contributed by atoms with Gasteiger partial charge in [0.05, 0.1) is 17.3 Å². The van der Waals surface area contributed by atoms with E-state index in [1.54, 1.807) is 17.3 Å². The second-order valence-corrected chi connectivity index (χ2v) is 8.40. The van der Waals surface area contributed by atoms with E-state index in [0.29, 0.717) is 29.4 Å². The molecule has 2 aliphatic rings. The molecule has 0 radical (unpaired) electrons. The maximum absolute atomic E-state index is 13.1. The first-order valence-electron chi connectivity index (χ1n) is 7.95. The van der Waals surface area contributed by atoms with Gasteiger partial charge in [-0.3, -0.25) is 4.90 Å². The van der Waals surface area contributed by atoms with E-state index >= 15 is 0 Å². The molecule has 2 saturated heterocycles. The van der Waals surface area contributed by atoms with Gasteiger partial charge in [-0.05, 0) is 39.3 Å². The minimum Gasteiger partial charge on any atom is -0.336 e. The summed E-state index contributed by atoms with van der Waals surface area (Å²) in [6, 6.07) is 1.93. The molecule has 2 aromatic heterocycles. The van der Waals surface area contributed by atoms with Gasteiger partial charge in [0, 0.05) is 25.2 Å². The first-order valence-corrected chi connectivity index (χ1v) is 9.39. The van der Waals surface area contributed by atoms with Crippen LogP contribution in [0.3, 0.4) is 0 Å². The molecule has 2 fully saturated rings. The van der Waals surface area contributed by atoms with Gasteiger partial charge in [0.2, 0.25) is 10.0 Å². The quantitative estimate of drug-likeness (QED) is 0.824. The summed E-state index contributed by atoms with van der Waals surface area (Å²) in [7, 11) is -3.56. The normalized spacial score (nSPS) is 26.7. The SMILES string of the molecule is Cc1noc2ncc(S(=O)(=O)N3C[C@H]4CCCN4C[C@@H]3C)cc12. The Morgan fingerprint density at radius 1 is 1.35 bits per heavy atom. The monoisotopic (exact) mass is 336 g/mol. The topological polar surface area (TPSA) is 79.5 Å². The fraction of sp³-hybridized carbons (Fsp3) is 0.600. The molecule has 2 aliphatic heterocycles. The molecule has 7 nitrogen and oxygen atoms in total. The molecule has 0 saturated carbocycles. The highest BCUT2D eigenvalue weighted by Gasteiger charge is 2.40. The lowest BCUT2D eigenvalue weighted by Gasteiger charge is -2.41. The van der Waals surface area contributed by atoms with Crippen LogP contribution in [0.5, 0.6) is 0 Å². The number of rotatable bonds is 2. The van der Waals surface area contributed by atoms with Gasteiger partial charge in [0.25, 0.3) is 5.71 Å². The summed E-state index contributed by atoms with van der Waals surface area (Å²) < 4.78 is 32.9. The Labute approximate surface area is 135 Å². The van der Waals surface area contributed by atoms with Crippen molar-refractivity contribution < 1.29 is 12.9 Å². The number of hydrogen-bond acceptors (Lipinski definition) is 6. The van der Waals surface area contributed by atoms with E-state index in [2.05, 4.69) is 15.0 Å². The predicted octanol–water partition coefficient (Wildman–Crippen LogP) is 1.39. The van der Waals surface area contributed by atoms with Gasteiger partial charge in [0.1, 0.15) is 4.90 Å². The van der Waals surface area contributed by atoms with Gasteiger partial charge >= 0.3 is 0 Å². The lowest BCUT2D eigenvalue weighted by molar-refractivity contribution is 0.117. The zero-order valence-electron chi connectivity index (χ0n) is 13.3. The number of aryl methyl sites for hydroxylation is 1. The lowest BCUT2D eigenvalue weighted by atomic mass is 10.1. The zero-order chi connectivity index (χ0) is 16.2. The number of piperazine rings is 1. The second kappa shape index (κ2) is 5.25. The molecule has 0 aromatic carbocycles. The van der Waals surface area contributed by atoms with Gasteiger partial charge in [-0.1, -0.05) is 5.16 Å². The van der Waals surface area contributed by atoms with Gasteiger partial charge in [-0.2, -0.15) is 4.31 Å². The molecule has 2 atom stereocenters. The van der Waals surface area contributed by atoms with Gasteiger partial charge in [-0.25, -0.2) is 13.4 Å². The van der Waals surface area contributed by atoms with Gasteiger partial charge in [0.15, 0.2) is 0 Å². The van der Waals surface area contributed by atoms with E-state index in [4.69, 9.17) is 4.52 Å². The number of aromatic nitrogens is 2. The van der Waals surface area contributed by atoms with Crippen molar-refractivity contribution in [1.29, 1.82) is 0 Å². The molecule has 0 unspecified atom stereocenters. The van der Waals surface area contributed by atoms with Crippen LogP contribution in [0.15, 0.2) is 21.7 Å². The van der Waals surface area contributed by atoms with Gasteiger partial charge < -0.3 is 4.52 Å². The lowest BCUT2D eigenvalue weighted by Crippen LogP contribution is -2.56. The van der Waals surface area contributed by atoms with Crippen LogP contribution in [0, 0.1) is 6.92 Å². The fourth-order valence-electron chi connectivity index (χ4n) is 3.70. The highest BCUT2D eigenvalue weighted by molar-refractivity contribution is 7.89. The first-order chi connectivity index (χ1) is 11.0. The van der Waals surface area contributed by atoms with E-state index in [9.17, 15) is 8.42 Å². The average Bonchev–Trinajstić information content (AvgIpc) is 3.12. The molecule has 23 heavy (non-hydrogen) atoms.